The van der Waals surface area contributed by atoms with Crippen molar-refractivity contribution in [1.29, 1.82) is 0 Å². The van der Waals surface area contributed by atoms with E-state index in [-0.39, 0.29) is 29.6 Å². The molecule has 2 aliphatic rings. The first-order chi connectivity index (χ1) is 17.0. The lowest BCUT2D eigenvalue weighted by Gasteiger charge is -2.61. The van der Waals surface area contributed by atoms with Crippen molar-refractivity contribution in [2.45, 2.75) is 50.9 Å². The second-order valence-electron chi connectivity index (χ2n) is 9.16. The van der Waals surface area contributed by atoms with Crippen LogP contribution in [0.3, 0.4) is 0 Å². The highest BCUT2D eigenvalue weighted by Crippen LogP contribution is 2.55. The summed E-state index contributed by atoms with van der Waals surface area (Å²) in [5.41, 5.74) is -3.07. The van der Waals surface area contributed by atoms with Gasteiger partial charge in [0.2, 0.25) is 17.7 Å². The number of urea groups is 1. The third kappa shape index (κ3) is 3.91. The molecule has 36 heavy (non-hydrogen) atoms. The van der Waals surface area contributed by atoms with Crippen molar-refractivity contribution in [3.05, 3.63) is 47.6 Å². The molecule has 2 bridgehead atoms. The van der Waals surface area contributed by atoms with Crippen LogP contribution in [0.15, 0.2) is 28.8 Å². The van der Waals surface area contributed by atoms with Gasteiger partial charge in [-0.15, -0.1) is 10.2 Å². The summed E-state index contributed by atoms with van der Waals surface area (Å²) in [4.78, 5) is 22.7. The summed E-state index contributed by atoms with van der Waals surface area (Å²) in [6, 6.07) is 1.74. The molecule has 2 fully saturated rings. The number of nitrogens with zero attached hydrogens (tertiary/aromatic N) is 5. The lowest BCUT2D eigenvalue weighted by atomic mass is 9.64. The minimum absolute atomic E-state index is 0.0300. The number of benzene rings is 1. The first-order valence-corrected chi connectivity index (χ1v) is 11.2. The minimum Gasteiger partial charge on any atom is -0.481 e. The summed E-state index contributed by atoms with van der Waals surface area (Å²) in [6.07, 6.45) is -1.78. The first-order valence-electron chi connectivity index (χ1n) is 11.2. The number of fused-ring (bicyclic) bond motifs is 2. The highest BCUT2D eigenvalue weighted by molar-refractivity contribution is 5.92. The molecule has 9 nitrogen and oxygen atoms in total. The molecule has 2 saturated heterocycles. The summed E-state index contributed by atoms with van der Waals surface area (Å²) in [5, 5.41) is 10.4. The number of amides is 2. The number of piperidine rings is 1. The molecule has 0 unspecified atom stereocenters. The molecule has 0 spiro atoms. The van der Waals surface area contributed by atoms with Gasteiger partial charge in [-0.25, -0.2) is 14.2 Å². The fourth-order valence-electron chi connectivity index (χ4n) is 5.28. The maximum Gasteiger partial charge on any atom is 0.417 e. The van der Waals surface area contributed by atoms with E-state index in [4.69, 9.17) is 9.15 Å². The van der Waals surface area contributed by atoms with Crippen LogP contribution in [0.1, 0.15) is 43.5 Å². The fraction of sp³-hybridized carbons (Fsp3) is 0.435. The van der Waals surface area contributed by atoms with Gasteiger partial charge in [-0.1, -0.05) is 6.92 Å². The molecular weight excluding hydrogens is 484 g/mol. The average Bonchev–Trinajstić information content (AvgIpc) is 3.25. The molecule has 0 saturated carbocycles. The molecule has 2 aromatic heterocycles. The first kappa shape index (κ1) is 23.9. The Kier molecular flexibility index (Phi) is 5.60. The predicted octanol–water partition coefficient (Wildman–Crippen LogP) is 4.93. The van der Waals surface area contributed by atoms with E-state index in [1.807, 2.05) is 0 Å². The largest absolute Gasteiger partial charge is 0.481 e. The van der Waals surface area contributed by atoms with E-state index in [2.05, 4.69) is 32.4 Å². The van der Waals surface area contributed by atoms with Crippen LogP contribution in [0.25, 0.3) is 11.4 Å². The van der Waals surface area contributed by atoms with Crippen LogP contribution < -0.4 is 10.1 Å². The quantitative estimate of drug-likeness (QED) is 0.500. The van der Waals surface area contributed by atoms with Gasteiger partial charge < -0.3 is 19.4 Å². The molecule has 190 valence electrons. The van der Waals surface area contributed by atoms with Gasteiger partial charge in [0.15, 0.2) is 5.82 Å². The van der Waals surface area contributed by atoms with Crippen LogP contribution in [-0.4, -0.2) is 44.2 Å². The van der Waals surface area contributed by atoms with Crippen molar-refractivity contribution in [2.75, 3.05) is 12.4 Å². The smallest absolute Gasteiger partial charge is 0.417 e. The molecule has 2 amide bonds. The van der Waals surface area contributed by atoms with Crippen LogP contribution >= 0.6 is 0 Å². The van der Waals surface area contributed by atoms with Crippen LogP contribution in [0, 0.1) is 18.7 Å². The third-order valence-electron chi connectivity index (χ3n) is 6.64. The lowest BCUT2D eigenvalue weighted by Crippen LogP contribution is -2.70. The van der Waals surface area contributed by atoms with Crippen molar-refractivity contribution < 1.29 is 31.5 Å². The van der Waals surface area contributed by atoms with Crippen molar-refractivity contribution in [3.8, 4) is 17.3 Å². The second kappa shape index (κ2) is 8.42. The number of aromatic nitrogens is 4. The lowest BCUT2D eigenvalue weighted by molar-refractivity contribution is -0.137. The maximum absolute atomic E-state index is 14.9. The zero-order valence-electron chi connectivity index (χ0n) is 19.6. The standard InChI is InChI=1S/C23H22F4N6O3/c1-11-6-13-10-22(9-11,20-32-31-12(2)36-20)33(13)21(34)29-17-7-14(15(8-16(17)24)23(25,26)27)19-28-5-4-18(30-19)35-3/h4-5,7-8,11,13H,6,9-10H2,1-3H3,(H,29,34)/t11-,13-,22+/m1/s1. The number of ether oxygens (including phenoxy) is 1. The van der Waals surface area contributed by atoms with Crippen LogP contribution in [0.2, 0.25) is 0 Å². The number of alkyl halides is 3. The average molecular weight is 506 g/mol. The van der Waals surface area contributed by atoms with Crippen LogP contribution in [0.5, 0.6) is 5.88 Å². The number of nitrogens with one attached hydrogen (secondary N) is 1. The number of aryl methyl sites for hydroxylation is 1. The molecule has 3 atom stereocenters. The summed E-state index contributed by atoms with van der Waals surface area (Å²) < 4.78 is 66.8. The van der Waals surface area contributed by atoms with Crippen molar-refractivity contribution in [3.63, 3.8) is 0 Å². The Morgan fingerprint density at radius 1 is 1.28 bits per heavy atom. The normalized spacial score (nSPS) is 23.2. The Morgan fingerprint density at radius 3 is 2.72 bits per heavy atom. The Morgan fingerprint density at radius 2 is 2.06 bits per heavy atom. The number of hydrogen-bond donors (Lipinski definition) is 1. The molecule has 1 aromatic carbocycles. The van der Waals surface area contributed by atoms with Crippen LogP contribution in [0.4, 0.5) is 28.0 Å². The van der Waals surface area contributed by atoms with E-state index >= 15 is 0 Å². The Balaban J connectivity index is 1.51. The van der Waals surface area contributed by atoms with E-state index in [0.29, 0.717) is 24.8 Å². The fourth-order valence-corrected chi connectivity index (χ4v) is 5.28. The number of methoxy groups -OCH3 is 1. The van der Waals surface area contributed by atoms with Gasteiger partial charge in [0.1, 0.15) is 11.4 Å². The van der Waals surface area contributed by atoms with Gasteiger partial charge in [-0.3, -0.25) is 0 Å². The predicted molar refractivity (Wildman–Crippen MR) is 117 cm³/mol. The number of rotatable bonds is 4. The Bertz CT molecular complexity index is 1330. The molecule has 3 aromatic rings. The summed E-state index contributed by atoms with van der Waals surface area (Å²) in [5.74, 6) is -0.634. The van der Waals surface area contributed by atoms with Gasteiger partial charge in [-0.05, 0) is 30.9 Å². The molecule has 5 rings (SSSR count). The number of carbonyl (C=O) groups is 1. The van der Waals surface area contributed by atoms with E-state index in [0.717, 1.165) is 12.5 Å². The molecule has 13 heteroatoms. The zero-order valence-corrected chi connectivity index (χ0v) is 19.6. The third-order valence-corrected chi connectivity index (χ3v) is 6.64. The number of carbonyl (C=O) groups excluding carboxylic acids is 1. The number of hydrogen-bond acceptors (Lipinski definition) is 7. The SMILES string of the molecule is COc1ccnc(-c2cc(NC(=O)N3[C@@H]4C[C@@H](C)C[C@@]3(c3nnc(C)o3)C4)c(F)cc2C(F)(F)F)n1. The maximum atomic E-state index is 14.9. The molecule has 0 radical (unpaired) electrons. The molecule has 0 aliphatic carbocycles. The van der Waals surface area contributed by atoms with E-state index in [1.165, 1.54) is 24.3 Å². The van der Waals surface area contributed by atoms with Crippen LogP contribution in [-0.2, 0) is 11.7 Å². The van der Waals surface area contributed by atoms with Crippen molar-refractivity contribution in [1.82, 2.24) is 25.1 Å². The van der Waals surface area contributed by atoms with Gasteiger partial charge in [0, 0.05) is 37.2 Å². The number of halogens is 4. The summed E-state index contributed by atoms with van der Waals surface area (Å²) >= 11 is 0. The van der Waals surface area contributed by atoms with Gasteiger partial charge in [0.25, 0.3) is 0 Å². The van der Waals surface area contributed by atoms with Crippen molar-refractivity contribution in [2.24, 2.45) is 5.92 Å². The minimum atomic E-state index is -4.89. The van der Waals surface area contributed by atoms with E-state index in [1.54, 1.807) is 6.92 Å². The monoisotopic (exact) mass is 506 g/mol. The topological polar surface area (TPSA) is 106 Å². The Labute approximate surface area is 202 Å². The highest BCUT2D eigenvalue weighted by Gasteiger charge is 2.62. The van der Waals surface area contributed by atoms with Gasteiger partial charge in [-0.2, -0.15) is 18.2 Å². The van der Waals surface area contributed by atoms with Crippen molar-refractivity contribution >= 4 is 11.7 Å². The highest BCUT2D eigenvalue weighted by atomic mass is 19.4. The second-order valence-corrected chi connectivity index (χ2v) is 9.16. The van der Waals surface area contributed by atoms with Gasteiger partial charge in [0.05, 0.1) is 18.4 Å². The van der Waals surface area contributed by atoms with E-state index < -0.39 is 40.4 Å². The van der Waals surface area contributed by atoms with E-state index in [9.17, 15) is 22.4 Å². The molecule has 2 aliphatic heterocycles. The summed E-state index contributed by atoms with van der Waals surface area (Å²) in [7, 11) is 1.30. The summed E-state index contributed by atoms with van der Waals surface area (Å²) in [6.45, 7) is 3.69. The van der Waals surface area contributed by atoms with Gasteiger partial charge >= 0.3 is 12.2 Å². The zero-order chi connectivity index (χ0) is 25.8. The molecule has 1 N–H and O–H groups in total. The molecule has 4 heterocycles. The Hall–Kier alpha value is -3.77. The molecular formula is C23H22F4N6O3. The number of anilines is 1.